The number of anilines is 1. The topological polar surface area (TPSA) is 54.9 Å². The normalized spacial score (nSPS) is 18.3. The van der Waals surface area contributed by atoms with Gasteiger partial charge in [-0.15, -0.1) is 0 Å². The van der Waals surface area contributed by atoms with Crippen LogP contribution in [0.2, 0.25) is 0 Å². The summed E-state index contributed by atoms with van der Waals surface area (Å²) in [5.74, 6) is 1.30. The van der Waals surface area contributed by atoms with Crippen LogP contribution in [0.15, 0.2) is 12.4 Å². The van der Waals surface area contributed by atoms with Crippen molar-refractivity contribution in [2.75, 3.05) is 11.9 Å². The monoisotopic (exact) mass is 247 g/mol. The molecule has 1 atom stereocenters. The van der Waals surface area contributed by atoms with E-state index in [1.807, 2.05) is 6.92 Å². The number of nitrogens with one attached hydrogen (secondary N) is 1. The lowest BCUT2D eigenvalue weighted by Gasteiger charge is -2.21. The Bertz CT molecular complexity index is 371. The van der Waals surface area contributed by atoms with Crippen LogP contribution in [0.3, 0.4) is 0 Å². The van der Waals surface area contributed by atoms with Gasteiger partial charge >= 0.3 is 0 Å². The molecule has 18 heavy (non-hydrogen) atoms. The molecule has 1 N–H and O–H groups in total. The third kappa shape index (κ3) is 3.52. The smallest absolute Gasteiger partial charge is 0.222 e. The van der Waals surface area contributed by atoms with Gasteiger partial charge in [0, 0.05) is 24.9 Å². The van der Waals surface area contributed by atoms with Crippen molar-refractivity contribution in [3.8, 4) is 0 Å². The lowest BCUT2D eigenvalue weighted by atomic mass is 9.89. The first kappa shape index (κ1) is 13.0. The zero-order chi connectivity index (χ0) is 12.8. The van der Waals surface area contributed by atoms with Crippen LogP contribution in [-0.4, -0.2) is 22.8 Å². The van der Waals surface area contributed by atoms with E-state index in [9.17, 15) is 4.79 Å². The van der Waals surface area contributed by atoms with Crippen molar-refractivity contribution in [3.05, 3.63) is 18.0 Å². The summed E-state index contributed by atoms with van der Waals surface area (Å²) in [7, 11) is 0. The molecule has 4 nitrogen and oxygen atoms in total. The highest BCUT2D eigenvalue weighted by molar-refractivity contribution is 5.60. The Morgan fingerprint density at radius 2 is 2.00 bits per heavy atom. The van der Waals surface area contributed by atoms with Gasteiger partial charge in [-0.2, -0.15) is 0 Å². The SMILES string of the molecule is CC(C=O)c1cnc(NCC2CCCCC2)nc1. The van der Waals surface area contributed by atoms with Gasteiger partial charge in [-0.05, 0) is 24.3 Å². The number of rotatable bonds is 5. The lowest BCUT2D eigenvalue weighted by Crippen LogP contribution is -2.18. The van der Waals surface area contributed by atoms with E-state index in [-0.39, 0.29) is 5.92 Å². The molecule has 1 aliphatic rings. The molecule has 0 amide bonds. The van der Waals surface area contributed by atoms with E-state index in [1.165, 1.54) is 32.1 Å². The fourth-order valence-corrected chi connectivity index (χ4v) is 2.37. The summed E-state index contributed by atoms with van der Waals surface area (Å²) < 4.78 is 0. The second kappa shape index (κ2) is 6.47. The van der Waals surface area contributed by atoms with Gasteiger partial charge in [0.1, 0.15) is 6.29 Å². The highest BCUT2D eigenvalue weighted by atomic mass is 16.1. The summed E-state index contributed by atoms with van der Waals surface area (Å²) in [6.45, 7) is 2.81. The van der Waals surface area contributed by atoms with Crippen molar-refractivity contribution < 1.29 is 4.79 Å². The Morgan fingerprint density at radius 3 is 2.61 bits per heavy atom. The Balaban J connectivity index is 1.84. The Kier molecular flexibility index (Phi) is 4.67. The fourth-order valence-electron chi connectivity index (χ4n) is 2.37. The van der Waals surface area contributed by atoms with Crippen LogP contribution in [0.5, 0.6) is 0 Å². The number of aromatic nitrogens is 2. The third-order valence-electron chi connectivity index (χ3n) is 3.68. The van der Waals surface area contributed by atoms with Crippen LogP contribution in [0.4, 0.5) is 5.95 Å². The maximum absolute atomic E-state index is 10.7. The molecular formula is C14H21N3O. The van der Waals surface area contributed by atoms with Crippen molar-refractivity contribution in [1.29, 1.82) is 0 Å². The summed E-state index contributed by atoms with van der Waals surface area (Å²) in [5, 5.41) is 3.29. The molecule has 0 saturated heterocycles. The fraction of sp³-hybridized carbons (Fsp3) is 0.643. The second-order valence-electron chi connectivity index (χ2n) is 5.15. The Labute approximate surface area is 108 Å². The van der Waals surface area contributed by atoms with Gasteiger partial charge in [0.25, 0.3) is 0 Å². The Hall–Kier alpha value is -1.45. The molecule has 1 saturated carbocycles. The zero-order valence-electron chi connectivity index (χ0n) is 10.9. The molecular weight excluding hydrogens is 226 g/mol. The van der Waals surface area contributed by atoms with E-state index in [0.29, 0.717) is 5.95 Å². The van der Waals surface area contributed by atoms with E-state index >= 15 is 0 Å². The van der Waals surface area contributed by atoms with Crippen LogP contribution in [0, 0.1) is 5.92 Å². The van der Waals surface area contributed by atoms with Gasteiger partial charge in [0.2, 0.25) is 5.95 Å². The van der Waals surface area contributed by atoms with Gasteiger partial charge in [-0.1, -0.05) is 26.2 Å². The van der Waals surface area contributed by atoms with E-state index in [2.05, 4.69) is 15.3 Å². The summed E-state index contributed by atoms with van der Waals surface area (Å²) in [6, 6.07) is 0. The number of carbonyl (C=O) groups is 1. The highest BCUT2D eigenvalue weighted by Gasteiger charge is 2.13. The molecule has 1 unspecified atom stereocenters. The van der Waals surface area contributed by atoms with Crippen molar-refractivity contribution in [2.45, 2.75) is 44.9 Å². The number of hydrogen-bond donors (Lipinski definition) is 1. The first-order valence-electron chi connectivity index (χ1n) is 6.80. The van der Waals surface area contributed by atoms with Crippen molar-refractivity contribution in [3.63, 3.8) is 0 Å². The minimum Gasteiger partial charge on any atom is -0.354 e. The van der Waals surface area contributed by atoms with Crippen LogP contribution in [0.1, 0.15) is 50.5 Å². The van der Waals surface area contributed by atoms with Crippen LogP contribution >= 0.6 is 0 Å². The lowest BCUT2D eigenvalue weighted by molar-refractivity contribution is -0.108. The number of carbonyl (C=O) groups excluding carboxylic acids is 1. The summed E-state index contributed by atoms with van der Waals surface area (Å²) >= 11 is 0. The van der Waals surface area contributed by atoms with Crippen LogP contribution < -0.4 is 5.32 Å². The molecule has 1 aliphatic carbocycles. The quantitative estimate of drug-likeness (QED) is 0.813. The molecule has 2 rings (SSSR count). The predicted octanol–water partition coefficient (Wildman–Crippen LogP) is 2.77. The number of aldehydes is 1. The average molecular weight is 247 g/mol. The maximum atomic E-state index is 10.7. The number of hydrogen-bond acceptors (Lipinski definition) is 4. The molecule has 98 valence electrons. The van der Waals surface area contributed by atoms with Gasteiger partial charge < -0.3 is 10.1 Å². The van der Waals surface area contributed by atoms with E-state index < -0.39 is 0 Å². The number of nitrogens with zero attached hydrogens (tertiary/aromatic N) is 2. The molecule has 1 heterocycles. The molecule has 0 aliphatic heterocycles. The first-order chi connectivity index (χ1) is 8.79. The first-order valence-corrected chi connectivity index (χ1v) is 6.80. The molecule has 4 heteroatoms. The van der Waals surface area contributed by atoms with Crippen molar-refractivity contribution >= 4 is 12.2 Å². The largest absolute Gasteiger partial charge is 0.354 e. The summed E-state index contributed by atoms with van der Waals surface area (Å²) in [5.41, 5.74) is 0.869. The molecule has 1 aromatic heterocycles. The van der Waals surface area contributed by atoms with Gasteiger partial charge in [-0.25, -0.2) is 9.97 Å². The molecule has 0 radical (unpaired) electrons. The Morgan fingerprint density at radius 1 is 1.33 bits per heavy atom. The predicted molar refractivity (Wildman–Crippen MR) is 71.6 cm³/mol. The third-order valence-corrected chi connectivity index (χ3v) is 3.68. The van der Waals surface area contributed by atoms with Gasteiger partial charge in [-0.3, -0.25) is 0 Å². The molecule has 1 aromatic rings. The standard InChI is InChI=1S/C14H21N3O/c1-11(10-18)13-8-16-14(17-9-13)15-7-12-5-3-2-4-6-12/h8-12H,2-7H2,1H3,(H,15,16,17). The molecule has 1 fully saturated rings. The summed E-state index contributed by atoms with van der Waals surface area (Å²) in [6.07, 6.45) is 11.1. The van der Waals surface area contributed by atoms with Gasteiger partial charge in [0.05, 0.1) is 0 Å². The minimum absolute atomic E-state index is 0.127. The van der Waals surface area contributed by atoms with Crippen LogP contribution in [0.25, 0.3) is 0 Å². The molecule has 0 aromatic carbocycles. The molecule has 0 bridgehead atoms. The van der Waals surface area contributed by atoms with Crippen molar-refractivity contribution in [1.82, 2.24) is 9.97 Å². The summed E-state index contributed by atoms with van der Waals surface area (Å²) in [4.78, 5) is 19.2. The molecule has 0 spiro atoms. The highest BCUT2D eigenvalue weighted by Crippen LogP contribution is 2.23. The maximum Gasteiger partial charge on any atom is 0.222 e. The second-order valence-corrected chi connectivity index (χ2v) is 5.15. The van der Waals surface area contributed by atoms with Crippen molar-refractivity contribution in [2.24, 2.45) is 5.92 Å². The van der Waals surface area contributed by atoms with E-state index in [0.717, 1.165) is 24.3 Å². The van der Waals surface area contributed by atoms with Gasteiger partial charge in [0.15, 0.2) is 0 Å². The average Bonchev–Trinajstić information content (AvgIpc) is 2.46. The van der Waals surface area contributed by atoms with E-state index in [1.54, 1.807) is 12.4 Å². The minimum atomic E-state index is -0.127. The van der Waals surface area contributed by atoms with Crippen LogP contribution in [-0.2, 0) is 4.79 Å². The van der Waals surface area contributed by atoms with E-state index in [4.69, 9.17) is 0 Å². The zero-order valence-corrected chi connectivity index (χ0v) is 10.9.